The molecule has 3 aliphatic carbocycles. The van der Waals surface area contributed by atoms with E-state index in [0.717, 1.165) is 10.0 Å². The minimum absolute atomic E-state index is 0.127. The van der Waals surface area contributed by atoms with Gasteiger partial charge in [-0.2, -0.15) is 0 Å². The normalized spacial score (nSPS) is 30.0. The maximum atomic E-state index is 12.5. The average Bonchev–Trinajstić information content (AvgIpc) is 2.48. The lowest BCUT2D eigenvalue weighted by Crippen LogP contribution is -2.53. The fourth-order valence-electron chi connectivity index (χ4n) is 4.56. The fraction of sp³-hybridized carbons (Fsp3) is 0.526. The molecule has 1 saturated carbocycles. The number of esters is 1. The molecule has 1 aromatic rings. The Balaban J connectivity index is 2.02. The first-order chi connectivity index (χ1) is 10.4. The number of methoxy groups -OCH3 is 1. The predicted molar refractivity (Wildman–Crippen MR) is 91.5 cm³/mol. The molecule has 1 fully saturated rings. The van der Waals surface area contributed by atoms with Crippen molar-refractivity contribution in [3.05, 3.63) is 46.0 Å². The molecule has 0 unspecified atom stereocenters. The quantitative estimate of drug-likeness (QED) is 0.561. The highest BCUT2D eigenvalue weighted by Crippen LogP contribution is 2.63. The fourth-order valence-corrected chi connectivity index (χ4v) is 4.83. The number of carbonyl (C=O) groups is 1. The number of ether oxygens (including phenoxy) is 1. The van der Waals surface area contributed by atoms with Gasteiger partial charge in [0.1, 0.15) is 0 Å². The molecule has 1 aromatic carbocycles. The Bertz CT molecular complexity index is 615. The zero-order chi connectivity index (χ0) is 16.1. The number of allylic oxidation sites excluding steroid dienone is 2. The maximum Gasteiger partial charge on any atom is 0.313 e. The molecule has 2 nitrogen and oxygen atoms in total. The van der Waals surface area contributed by atoms with E-state index in [1.807, 2.05) is 24.3 Å². The van der Waals surface area contributed by atoms with Gasteiger partial charge < -0.3 is 4.74 Å². The molecule has 0 spiro atoms. The van der Waals surface area contributed by atoms with Crippen molar-refractivity contribution >= 4 is 21.9 Å². The molecular formula is C19H23BrO2. The smallest absolute Gasteiger partial charge is 0.313 e. The van der Waals surface area contributed by atoms with Gasteiger partial charge in [0.25, 0.3) is 0 Å². The van der Waals surface area contributed by atoms with E-state index in [4.69, 9.17) is 4.74 Å². The Kier molecular flexibility index (Phi) is 3.96. The molecule has 4 atom stereocenters. The number of fused-ring (bicyclic) bond motifs is 1. The molecule has 0 heterocycles. The van der Waals surface area contributed by atoms with E-state index in [1.165, 1.54) is 19.1 Å². The second kappa shape index (κ2) is 5.52. The first kappa shape index (κ1) is 15.8. The van der Waals surface area contributed by atoms with E-state index < -0.39 is 0 Å². The van der Waals surface area contributed by atoms with Crippen LogP contribution in [0.2, 0.25) is 0 Å². The molecule has 0 amide bonds. The number of carbonyl (C=O) groups excluding carboxylic acids is 1. The predicted octanol–water partition coefficient (Wildman–Crippen LogP) is 4.94. The van der Waals surface area contributed by atoms with Gasteiger partial charge in [-0.05, 0) is 54.2 Å². The zero-order valence-electron chi connectivity index (χ0n) is 13.6. The van der Waals surface area contributed by atoms with E-state index in [-0.39, 0.29) is 23.2 Å². The Morgan fingerprint density at radius 2 is 1.95 bits per heavy atom. The van der Waals surface area contributed by atoms with Crippen LogP contribution in [0.15, 0.2) is 40.4 Å². The Labute approximate surface area is 141 Å². The number of benzene rings is 1. The van der Waals surface area contributed by atoms with Crippen molar-refractivity contribution in [2.24, 2.45) is 23.2 Å². The summed E-state index contributed by atoms with van der Waals surface area (Å²) in [6.07, 6.45) is 3.53. The summed E-state index contributed by atoms with van der Waals surface area (Å²) in [5.74, 6) is 1.12. The number of rotatable bonds is 3. The summed E-state index contributed by atoms with van der Waals surface area (Å²) in [6.45, 7) is 6.89. The minimum atomic E-state index is -0.210. The van der Waals surface area contributed by atoms with Crippen LogP contribution in [0.4, 0.5) is 0 Å². The van der Waals surface area contributed by atoms with Crippen LogP contribution in [0.1, 0.15) is 38.7 Å². The van der Waals surface area contributed by atoms with Gasteiger partial charge in [0.05, 0.1) is 13.0 Å². The third-order valence-corrected chi connectivity index (χ3v) is 6.41. The first-order valence-electron chi connectivity index (χ1n) is 7.88. The molecule has 3 heteroatoms. The van der Waals surface area contributed by atoms with E-state index in [2.05, 4.69) is 42.8 Å². The van der Waals surface area contributed by atoms with Crippen LogP contribution in [0.5, 0.6) is 0 Å². The lowest BCUT2D eigenvalue weighted by Gasteiger charge is -2.60. The monoisotopic (exact) mass is 362 g/mol. The Hall–Kier alpha value is -1.09. The third-order valence-electron chi connectivity index (χ3n) is 5.88. The van der Waals surface area contributed by atoms with Crippen LogP contribution in [-0.2, 0) is 9.53 Å². The van der Waals surface area contributed by atoms with E-state index in [1.54, 1.807) is 0 Å². The summed E-state index contributed by atoms with van der Waals surface area (Å²) in [5.41, 5.74) is 2.76. The summed E-state index contributed by atoms with van der Waals surface area (Å²) < 4.78 is 6.17. The molecule has 4 rings (SSSR count). The first-order valence-corrected chi connectivity index (χ1v) is 8.67. The van der Waals surface area contributed by atoms with E-state index in [0.29, 0.717) is 11.8 Å². The van der Waals surface area contributed by atoms with Crippen molar-refractivity contribution in [1.82, 2.24) is 0 Å². The Morgan fingerprint density at radius 3 is 2.45 bits per heavy atom. The lowest BCUT2D eigenvalue weighted by atomic mass is 9.44. The molecule has 0 N–H and O–H groups in total. The topological polar surface area (TPSA) is 26.3 Å². The second-order valence-corrected chi connectivity index (χ2v) is 8.17. The van der Waals surface area contributed by atoms with Crippen molar-refractivity contribution in [3.63, 3.8) is 0 Å². The van der Waals surface area contributed by atoms with Gasteiger partial charge in [-0.15, -0.1) is 0 Å². The van der Waals surface area contributed by atoms with Gasteiger partial charge in [-0.1, -0.05) is 53.6 Å². The van der Waals surface area contributed by atoms with Crippen molar-refractivity contribution in [3.8, 4) is 0 Å². The van der Waals surface area contributed by atoms with Gasteiger partial charge >= 0.3 is 5.97 Å². The highest BCUT2D eigenvalue weighted by atomic mass is 79.9. The van der Waals surface area contributed by atoms with Gasteiger partial charge in [-0.25, -0.2) is 0 Å². The van der Waals surface area contributed by atoms with Crippen molar-refractivity contribution in [2.45, 2.75) is 33.1 Å². The van der Waals surface area contributed by atoms with Crippen LogP contribution in [-0.4, -0.2) is 13.1 Å². The third kappa shape index (κ3) is 2.34. The Morgan fingerprint density at radius 1 is 1.32 bits per heavy atom. The largest absolute Gasteiger partial charge is 0.469 e. The molecule has 118 valence electrons. The van der Waals surface area contributed by atoms with Gasteiger partial charge in [0.15, 0.2) is 0 Å². The summed E-state index contributed by atoms with van der Waals surface area (Å²) >= 11 is 3.46. The second-order valence-electron chi connectivity index (χ2n) is 7.26. The van der Waals surface area contributed by atoms with Crippen LogP contribution >= 0.6 is 15.9 Å². The van der Waals surface area contributed by atoms with Crippen LogP contribution in [0.3, 0.4) is 0 Å². The summed E-state index contributed by atoms with van der Waals surface area (Å²) in [5, 5.41) is 0. The molecule has 3 aliphatic rings. The summed E-state index contributed by atoms with van der Waals surface area (Å²) in [6, 6.07) is 8.07. The van der Waals surface area contributed by atoms with Gasteiger partial charge in [0.2, 0.25) is 0 Å². The average molecular weight is 363 g/mol. The SMILES string of the molecule is COC(=O)[C@@H](c1ccc(Br)cc1)[C@H]1C=C(C)[C@H]2C[C@@H]1C2(C)C. The molecule has 22 heavy (non-hydrogen) atoms. The summed E-state index contributed by atoms with van der Waals surface area (Å²) in [4.78, 5) is 12.5. The van der Waals surface area contributed by atoms with E-state index in [9.17, 15) is 4.79 Å². The molecule has 0 saturated heterocycles. The van der Waals surface area contributed by atoms with Gasteiger partial charge in [-0.3, -0.25) is 4.79 Å². The minimum Gasteiger partial charge on any atom is -0.469 e. The number of hydrogen-bond donors (Lipinski definition) is 0. The van der Waals surface area contributed by atoms with Crippen LogP contribution in [0, 0.1) is 23.2 Å². The van der Waals surface area contributed by atoms with E-state index >= 15 is 0 Å². The molecule has 0 aromatic heterocycles. The molecule has 2 bridgehead atoms. The molecule has 0 radical (unpaired) electrons. The van der Waals surface area contributed by atoms with Crippen molar-refractivity contribution in [1.29, 1.82) is 0 Å². The zero-order valence-corrected chi connectivity index (χ0v) is 15.2. The number of hydrogen-bond acceptors (Lipinski definition) is 2. The van der Waals surface area contributed by atoms with Gasteiger partial charge in [0, 0.05) is 4.47 Å². The maximum absolute atomic E-state index is 12.5. The highest BCUT2D eigenvalue weighted by molar-refractivity contribution is 9.10. The van der Waals surface area contributed by atoms with Crippen LogP contribution < -0.4 is 0 Å². The van der Waals surface area contributed by atoms with Crippen LogP contribution in [0.25, 0.3) is 0 Å². The summed E-state index contributed by atoms with van der Waals surface area (Å²) in [7, 11) is 1.49. The lowest BCUT2D eigenvalue weighted by molar-refractivity contribution is -0.146. The molecule has 0 aliphatic heterocycles. The standard InChI is InChI=1S/C19H23BrO2/c1-11-9-14(16-10-15(11)19(16,2)3)17(18(21)22-4)12-5-7-13(20)8-6-12/h5-9,14-17H,10H2,1-4H3/t14-,15+,16-,17-/m0/s1. The number of halogens is 1. The highest BCUT2D eigenvalue weighted by Gasteiger charge is 2.56. The van der Waals surface area contributed by atoms with Crippen molar-refractivity contribution < 1.29 is 9.53 Å². The van der Waals surface area contributed by atoms with Crippen molar-refractivity contribution in [2.75, 3.05) is 7.11 Å². The molecular weight excluding hydrogens is 340 g/mol.